The molecule has 0 saturated heterocycles. The molecule has 0 bridgehead atoms. The van der Waals surface area contributed by atoms with Crippen LogP contribution in [0.1, 0.15) is 50.5 Å². The lowest BCUT2D eigenvalue weighted by Crippen LogP contribution is -2.37. The molecule has 3 heteroatoms. The van der Waals surface area contributed by atoms with Crippen molar-refractivity contribution in [2.45, 2.75) is 44.9 Å². The fraction of sp³-hybridized carbons (Fsp3) is 0.611. The van der Waals surface area contributed by atoms with Crippen molar-refractivity contribution in [2.75, 3.05) is 13.1 Å². The average molecular weight is 288 g/mol. The third kappa shape index (κ3) is 4.57. The number of benzene rings is 1. The Morgan fingerprint density at radius 2 is 1.81 bits per heavy atom. The number of hydrogen-bond donors (Lipinski definition) is 2. The van der Waals surface area contributed by atoms with Gasteiger partial charge in [-0.25, -0.2) is 0 Å². The number of rotatable bonds is 6. The fourth-order valence-corrected chi connectivity index (χ4v) is 3.29. The summed E-state index contributed by atoms with van der Waals surface area (Å²) >= 11 is 0. The number of hydrogen-bond acceptors (Lipinski definition) is 2. The summed E-state index contributed by atoms with van der Waals surface area (Å²) in [5.74, 6) is 1.39. The molecule has 1 saturated carbocycles. The molecule has 0 spiro atoms. The van der Waals surface area contributed by atoms with E-state index in [1.165, 1.54) is 32.1 Å². The summed E-state index contributed by atoms with van der Waals surface area (Å²) in [4.78, 5) is 12.3. The molecular weight excluding hydrogens is 260 g/mol. The van der Waals surface area contributed by atoms with Crippen molar-refractivity contribution >= 4 is 5.91 Å². The summed E-state index contributed by atoms with van der Waals surface area (Å²) in [5.41, 5.74) is 6.80. The maximum Gasteiger partial charge on any atom is 0.228 e. The molecule has 3 N–H and O–H groups in total. The van der Waals surface area contributed by atoms with Crippen LogP contribution in [0.2, 0.25) is 0 Å². The van der Waals surface area contributed by atoms with E-state index in [9.17, 15) is 4.79 Å². The van der Waals surface area contributed by atoms with E-state index in [4.69, 9.17) is 5.73 Å². The normalized spacial score (nSPS) is 23.5. The van der Waals surface area contributed by atoms with Gasteiger partial charge in [0.2, 0.25) is 5.91 Å². The second kappa shape index (κ2) is 8.18. The molecule has 21 heavy (non-hydrogen) atoms. The number of carbonyl (C=O) groups is 1. The van der Waals surface area contributed by atoms with E-state index in [-0.39, 0.29) is 11.8 Å². The van der Waals surface area contributed by atoms with Crippen LogP contribution in [0.3, 0.4) is 0 Å². The first kappa shape index (κ1) is 16.0. The molecule has 1 unspecified atom stereocenters. The lowest BCUT2D eigenvalue weighted by atomic mass is 9.81. The molecule has 1 aliphatic rings. The maximum atomic E-state index is 12.3. The highest BCUT2D eigenvalue weighted by Crippen LogP contribution is 2.30. The van der Waals surface area contributed by atoms with Crippen molar-refractivity contribution in [1.82, 2.24) is 5.32 Å². The van der Waals surface area contributed by atoms with Crippen molar-refractivity contribution in [2.24, 2.45) is 17.6 Å². The fourth-order valence-electron chi connectivity index (χ4n) is 3.29. The monoisotopic (exact) mass is 288 g/mol. The third-order valence-electron chi connectivity index (χ3n) is 4.86. The van der Waals surface area contributed by atoms with E-state index in [1.54, 1.807) is 0 Å². The van der Waals surface area contributed by atoms with Gasteiger partial charge in [-0.05, 0) is 30.2 Å². The van der Waals surface area contributed by atoms with Crippen molar-refractivity contribution in [1.29, 1.82) is 0 Å². The molecule has 0 radical (unpaired) electrons. The molecule has 116 valence electrons. The van der Waals surface area contributed by atoms with Crippen molar-refractivity contribution in [3.63, 3.8) is 0 Å². The first-order valence-electron chi connectivity index (χ1n) is 8.27. The SMILES string of the molecule is CCC1CCC(CNC(=O)C(CN)c2ccccc2)CC1. The van der Waals surface area contributed by atoms with Gasteiger partial charge in [-0.15, -0.1) is 0 Å². The van der Waals surface area contributed by atoms with E-state index in [1.807, 2.05) is 30.3 Å². The minimum atomic E-state index is -0.224. The second-order valence-electron chi connectivity index (χ2n) is 6.24. The molecule has 1 aromatic rings. The summed E-state index contributed by atoms with van der Waals surface area (Å²) in [6, 6.07) is 9.82. The van der Waals surface area contributed by atoms with E-state index in [2.05, 4.69) is 12.2 Å². The molecule has 1 atom stereocenters. The number of nitrogens with one attached hydrogen (secondary N) is 1. The number of carbonyl (C=O) groups excluding carboxylic acids is 1. The zero-order valence-electron chi connectivity index (χ0n) is 13.1. The Bertz CT molecular complexity index is 424. The van der Waals surface area contributed by atoms with Gasteiger partial charge in [-0.3, -0.25) is 4.79 Å². The highest BCUT2D eigenvalue weighted by atomic mass is 16.1. The molecule has 0 heterocycles. The predicted molar refractivity (Wildman–Crippen MR) is 87.0 cm³/mol. The Hall–Kier alpha value is -1.35. The Morgan fingerprint density at radius 3 is 2.38 bits per heavy atom. The molecular formula is C18H28N2O. The van der Waals surface area contributed by atoms with Crippen molar-refractivity contribution < 1.29 is 4.79 Å². The molecule has 3 nitrogen and oxygen atoms in total. The van der Waals surface area contributed by atoms with Crippen LogP contribution in [0.4, 0.5) is 0 Å². The first-order valence-corrected chi connectivity index (χ1v) is 8.27. The van der Waals surface area contributed by atoms with Crippen LogP contribution in [0.25, 0.3) is 0 Å². The highest BCUT2D eigenvalue weighted by Gasteiger charge is 2.23. The quantitative estimate of drug-likeness (QED) is 0.845. The van der Waals surface area contributed by atoms with E-state index < -0.39 is 0 Å². The van der Waals surface area contributed by atoms with Gasteiger partial charge in [0.1, 0.15) is 0 Å². The number of nitrogens with two attached hydrogens (primary N) is 1. The first-order chi connectivity index (χ1) is 10.2. The summed E-state index contributed by atoms with van der Waals surface area (Å²) in [7, 11) is 0. The topological polar surface area (TPSA) is 55.1 Å². The van der Waals surface area contributed by atoms with E-state index in [0.29, 0.717) is 12.5 Å². The van der Waals surface area contributed by atoms with Crippen LogP contribution in [0.15, 0.2) is 30.3 Å². The molecule has 1 amide bonds. The van der Waals surface area contributed by atoms with E-state index in [0.717, 1.165) is 18.0 Å². The van der Waals surface area contributed by atoms with Crippen LogP contribution in [0.5, 0.6) is 0 Å². The Kier molecular flexibility index (Phi) is 6.24. The minimum absolute atomic E-state index is 0.0707. The molecule has 2 rings (SSSR count). The van der Waals surface area contributed by atoms with Crippen molar-refractivity contribution in [3.8, 4) is 0 Å². The zero-order valence-corrected chi connectivity index (χ0v) is 13.1. The third-order valence-corrected chi connectivity index (χ3v) is 4.86. The smallest absolute Gasteiger partial charge is 0.228 e. The van der Waals surface area contributed by atoms with Crippen LogP contribution in [0, 0.1) is 11.8 Å². The Balaban J connectivity index is 1.81. The predicted octanol–water partition coefficient (Wildman–Crippen LogP) is 3.06. The largest absolute Gasteiger partial charge is 0.355 e. The summed E-state index contributed by atoms with van der Waals surface area (Å²) < 4.78 is 0. The molecule has 1 aromatic carbocycles. The Labute approximate surface area is 128 Å². The van der Waals surface area contributed by atoms with Gasteiger partial charge in [-0.1, -0.05) is 56.5 Å². The molecule has 0 aliphatic heterocycles. The molecule has 1 fully saturated rings. The molecule has 0 aromatic heterocycles. The van der Waals surface area contributed by atoms with Gasteiger partial charge in [0, 0.05) is 13.1 Å². The van der Waals surface area contributed by atoms with Crippen LogP contribution in [-0.4, -0.2) is 19.0 Å². The molecule has 1 aliphatic carbocycles. The number of amides is 1. The van der Waals surface area contributed by atoms with E-state index >= 15 is 0 Å². The van der Waals surface area contributed by atoms with Gasteiger partial charge < -0.3 is 11.1 Å². The maximum absolute atomic E-state index is 12.3. The van der Waals surface area contributed by atoms with Gasteiger partial charge in [0.15, 0.2) is 0 Å². The summed E-state index contributed by atoms with van der Waals surface area (Å²) in [6.45, 7) is 3.44. The average Bonchev–Trinajstić information content (AvgIpc) is 2.55. The van der Waals surface area contributed by atoms with Crippen LogP contribution >= 0.6 is 0 Å². The standard InChI is InChI=1S/C18H28N2O/c1-2-14-8-10-15(11-9-14)13-20-18(21)17(12-19)16-6-4-3-5-7-16/h3-7,14-15,17H,2,8-13,19H2,1H3,(H,20,21). The van der Waals surface area contributed by atoms with Crippen LogP contribution in [-0.2, 0) is 4.79 Å². The summed E-state index contributed by atoms with van der Waals surface area (Å²) in [6.07, 6.45) is 6.42. The van der Waals surface area contributed by atoms with Crippen LogP contribution < -0.4 is 11.1 Å². The van der Waals surface area contributed by atoms with Gasteiger partial charge in [0.25, 0.3) is 0 Å². The summed E-state index contributed by atoms with van der Waals surface area (Å²) in [5, 5.41) is 3.12. The van der Waals surface area contributed by atoms with Crippen molar-refractivity contribution in [3.05, 3.63) is 35.9 Å². The minimum Gasteiger partial charge on any atom is -0.355 e. The lowest BCUT2D eigenvalue weighted by molar-refractivity contribution is -0.122. The lowest BCUT2D eigenvalue weighted by Gasteiger charge is -2.28. The van der Waals surface area contributed by atoms with Gasteiger partial charge in [-0.2, -0.15) is 0 Å². The van der Waals surface area contributed by atoms with Gasteiger partial charge in [0.05, 0.1) is 5.92 Å². The Morgan fingerprint density at radius 1 is 1.19 bits per heavy atom. The highest BCUT2D eigenvalue weighted by molar-refractivity contribution is 5.83. The zero-order chi connectivity index (χ0) is 15.1. The second-order valence-corrected chi connectivity index (χ2v) is 6.24. The van der Waals surface area contributed by atoms with Gasteiger partial charge >= 0.3 is 0 Å².